The lowest BCUT2D eigenvalue weighted by atomic mass is 10.1. The van der Waals surface area contributed by atoms with Crippen molar-refractivity contribution in [1.29, 1.82) is 0 Å². The predicted molar refractivity (Wildman–Crippen MR) is 81.9 cm³/mol. The van der Waals surface area contributed by atoms with Crippen molar-refractivity contribution in [2.75, 3.05) is 0 Å². The fourth-order valence-electron chi connectivity index (χ4n) is 1.34. The van der Waals surface area contributed by atoms with Gasteiger partial charge in [0.05, 0.1) is 4.83 Å². The van der Waals surface area contributed by atoms with Gasteiger partial charge in [-0.15, -0.1) is 11.3 Å². The monoisotopic (exact) mass is 442 g/mol. The van der Waals surface area contributed by atoms with Crippen LogP contribution in [0, 0.1) is 0 Å². The van der Waals surface area contributed by atoms with Gasteiger partial charge in [0.15, 0.2) is 0 Å². The number of thiophene rings is 1. The van der Waals surface area contributed by atoms with Crippen LogP contribution < -0.4 is 0 Å². The Bertz CT molecular complexity index is 510. The van der Waals surface area contributed by atoms with E-state index in [9.17, 15) is 0 Å². The molecule has 0 aliphatic heterocycles. The lowest BCUT2D eigenvalue weighted by molar-refractivity contribution is 1.20. The lowest BCUT2D eigenvalue weighted by Crippen LogP contribution is -1.92. The smallest absolute Gasteiger partial charge is 0.0760 e. The average molecular weight is 445 g/mol. The van der Waals surface area contributed by atoms with E-state index in [1.54, 1.807) is 11.3 Å². The lowest BCUT2D eigenvalue weighted by Gasteiger charge is -2.11. The van der Waals surface area contributed by atoms with Crippen molar-refractivity contribution >= 4 is 70.7 Å². The minimum Gasteiger partial charge on any atom is -0.146 e. The fourth-order valence-corrected chi connectivity index (χ4v) is 5.15. The van der Waals surface area contributed by atoms with Gasteiger partial charge in [-0.05, 0) is 51.1 Å². The van der Waals surface area contributed by atoms with Gasteiger partial charge in [-0.3, -0.25) is 0 Å². The first-order valence-electron chi connectivity index (χ1n) is 4.41. The van der Waals surface area contributed by atoms with Crippen molar-refractivity contribution in [2.45, 2.75) is 4.83 Å². The molecule has 2 rings (SSSR count). The van der Waals surface area contributed by atoms with Gasteiger partial charge in [-0.2, -0.15) is 0 Å². The van der Waals surface area contributed by atoms with Crippen LogP contribution in [0.4, 0.5) is 0 Å². The maximum Gasteiger partial charge on any atom is 0.0760 e. The second-order valence-electron chi connectivity index (χ2n) is 3.16. The number of halogens is 4. The minimum absolute atomic E-state index is 0.148. The molecule has 0 N–H and O–H groups in total. The van der Waals surface area contributed by atoms with E-state index < -0.39 is 0 Å². The Morgan fingerprint density at radius 3 is 2.50 bits per heavy atom. The van der Waals surface area contributed by atoms with Crippen molar-refractivity contribution in [2.24, 2.45) is 0 Å². The third kappa shape index (κ3) is 2.72. The van der Waals surface area contributed by atoms with Gasteiger partial charge in [-0.1, -0.05) is 43.5 Å². The predicted octanol–water partition coefficient (Wildman–Crippen LogP) is 6.41. The number of benzene rings is 1. The van der Waals surface area contributed by atoms with Crippen LogP contribution in [0.5, 0.6) is 0 Å². The van der Waals surface area contributed by atoms with Gasteiger partial charge in [-0.25, -0.2) is 0 Å². The molecule has 5 heteroatoms. The molecule has 2 aromatic rings. The summed E-state index contributed by atoms with van der Waals surface area (Å²) in [5.74, 6) is 0. The number of hydrogen-bond donors (Lipinski definition) is 0. The fraction of sp³-hybridized carbons (Fsp3) is 0.0909. The van der Waals surface area contributed by atoms with Gasteiger partial charge in [0.2, 0.25) is 0 Å². The highest BCUT2D eigenvalue weighted by Crippen LogP contribution is 2.42. The molecule has 1 aromatic heterocycles. The molecule has 1 unspecified atom stereocenters. The highest BCUT2D eigenvalue weighted by atomic mass is 79.9. The van der Waals surface area contributed by atoms with E-state index in [0.717, 1.165) is 19.5 Å². The Morgan fingerprint density at radius 1 is 1.12 bits per heavy atom. The van der Waals surface area contributed by atoms with E-state index in [-0.39, 0.29) is 4.83 Å². The summed E-state index contributed by atoms with van der Waals surface area (Å²) >= 11 is 18.5. The largest absolute Gasteiger partial charge is 0.146 e. The molecule has 0 saturated heterocycles. The molecule has 0 amide bonds. The molecule has 0 spiro atoms. The molecule has 0 bridgehead atoms. The zero-order valence-electron chi connectivity index (χ0n) is 7.88. The molecular formula is C11H6Br3ClS. The molecule has 0 aliphatic rings. The first kappa shape index (κ1) is 13.1. The highest BCUT2D eigenvalue weighted by Gasteiger charge is 2.17. The Labute approximate surface area is 128 Å². The van der Waals surface area contributed by atoms with Gasteiger partial charge >= 0.3 is 0 Å². The summed E-state index contributed by atoms with van der Waals surface area (Å²) in [6.45, 7) is 0. The quantitative estimate of drug-likeness (QED) is 0.469. The summed E-state index contributed by atoms with van der Waals surface area (Å²) in [7, 11) is 0. The summed E-state index contributed by atoms with van der Waals surface area (Å²) in [6.07, 6.45) is 0. The summed E-state index contributed by atoms with van der Waals surface area (Å²) in [5, 5.41) is 2.81. The van der Waals surface area contributed by atoms with Crippen LogP contribution in [-0.2, 0) is 0 Å². The van der Waals surface area contributed by atoms with Crippen LogP contribution in [0.15, 0.2) is 38.6 Å². The third-order valence-electron chi connectivity index (χ3n) is 2.11. The maximum absolute atomic E-state index is 6.01. The maximum atomic E-state index is 6.01. The minimum atomic E-state index is 0.148. The van der Waals surface area contributed by atoms with E-state index in [0.29, 0.717) is 0 Å². The van der Waals surface area contributed by atoms with Gasteiger partial charge in [0, 0.05) is 18.8 Å². The van der Waals surface area contributed by atoms with Crippen LogP contribution >= 0.6 is 70.7 Å². The van der Waals surface area contributed by atoms with Gasteiger partial charge in [0.25, 0.3) is 0 Å². The zero-order valence-corrected chi connectivity index (χ0v) is 14.2. The number of alkyl halides is 1. The highest BCUT2D eigenvalue weighted by molar-refractivity contribution is 9.11. The van der Waals surface area contributed by atoms with Crippen molar-refractivity contribution in [1.82, 2.24) is 0 Å². The Balaban J connectivity index is 2.45. The average Bonchev–Trinajstić information content (AvgIpc) is 2.67. The normalized spacial score (nSPS) is 12.8. The second kappa shape index (κ2) is 5.53. The van der Waals surface area contributed by atoms with E-state index >= 15 is 0 Å². The van der Waals surface area contributed by atoms with Crippen LogP contribution in [-0.4, -0.2) is 0 Å². The first-order chi connectivity index (χ1) is 7.59. The summed E-state index contributed by atoms with van der Waals surface area (Å²) in [4.78, 5) is 1.39. The van der Waals surface area contributed by atoms with Crippen molar-refractivity contribution in [3.05, 3.63) is 54.1 Å². The van der Waals surface area contributed by atoms with Crippen molar-refractivity contribution in [3.63, 3.8) is 0 Å². The Morgan fingerprint density at radius 2 is 1.88 bits per heavy atom. The Hall–Kier alpha value is 0.650. The number of hydrogen-bond acceptors (Lipinski definition) is 1. The molecule has 84 valence electrons. The van der Waals surface area contributed by atoms with Crippen LogP contribution in [0.2, 0.25) is 5.02 Å². The summed E-state index contributed by atoms with van der Waals surface area (Å²) < 4.78 is 2.17. The molecular weight excluding hydrogens is 439 g/mol. The van der Waals surface area contributed by atoms with E-state index in [1.807, 2.05) is 24.3 Å². The molecule has 0 saturated carbocycles. The SMILES string of the molecule is Clc1ccc(Br)c(C(Br)c2sccc2Br)c1. The zero-order chi connectivity index (χ0) is 11.7. The molecule has 1 aromatic carbocycles. The number of rotatable bonds is 2. The molecule has 0 fully saturated rings. The van der Waals surface area contributed by atoms with E-state index in [4.69, 9.17) is 11.6 Å². The van der Waals surface area contributed by atoms with Crippen molar-refractivity contribution < 1.29 is 0 Å². The summed E-state index contributed by atoms with van der Waals surface area (Å²) in [5.41, 5.74) is 1.13. The molecule has 0 radical (unpaired) electrons. The molecule has 1 heterocycles. The van der Waals surface area contributed by atoms with Crippen LogP contribution in [0.3, 0.4) is 0 Å². The third-order valence-corrected chi connectivity index (χ3v) is 6.25. The molecule has 0 aliphatic carbocycles. The topological polar surface area (TPSA) is 0 Å². The molecule has 0 nitrogen and oxygen atoms in total. The van der Waals surface area contributed by atoms with Gasteiger partial charge in [0.1, 0.15) is 0 Å². The van der Waals surface area contributed by atoms with Gasteiger partial charge < -0.3 is 0 Å². The molecule has 1 atom stereocenters. The second-order valence-corrected chi connectivity index (χ2v) is 7.17. The van der Waals surface area contributed by atoms with Crippen LogP contribution in [0.1, 0.15) is 15.3 Å². The van der Waals surface area contributed by atoms with E-state index in [1.165, 1.54) is 4.88 Å². The molecule has 16 heavy (non-hydrogen) atoms. The van der Waals surface area contributed by atoms with Crippen LogP contribution in [0.25, 0.3) is 0 Å². The first-order valence-corrected chi connectivity index (χ1v) is 8.17. The Kier molecular flexibility index (Phi) is 4.52. The standard InChI is InChI=1S/C11H6Br3ClS/c12-8-2-1-6(15)5-7(8)10(14)11-9(13)3-4-16-11/h1-5,10H. The summed E-state index contributed by atoms with van der Waals surface area (Å²) in [6, 6.07) is 7.86. The van der Waals surface area contributed by atoms with Crippen molar-refractivity contribution in [3.8, 4) is 0 Å². The van der Waals surface area contributed by atoms with E-state index in [2.05, 4.69) is 53.2 Å².